The topological polar surface area (TPSA) is 39.1 Å². The van der Waals surface area contributed by atoms with E-state index in [1.807, 2.05) is 10.9 Å². The van der Waals surface area contributed by atoms with Crippen LogP contribution in [0, 0.1) is 0 Å². The smallest absolute Gasteiger partial charge is 0.161 e. The minimum Gasteiger partial charge on any atom is -0.493 e. The standard InChI is InChI=1S/C17H25N3O/c1-4-18-15(12-11-14-9-7-6-8-10-14)17-16(21-3)13-19-20(17)5-2/h6-10,13,15,18H,4-5,11-12H2,1-3H3. The summed E-state index contributed by atoms with van der Waals surface area (Å²) in [5, 5.41) is 7.98. The Morgan fingerprint density at radius 2 is 2.00 bits per heavy atom. The predicted octanol–water partition coefficient (Wildman–Crippen LogP) is 3.20. The van der Waals surface area contributed by atoms with Crippen LogP contribution >= 0.6 is 0 Å². The summed E-state index contributed by atoms with van der Waals surface area (Å²) in [6.07, 6.45) is 3.88. The first kappa shape index (κ1) is 15.6. The highest BCUT2D eigenvalue weighted by Crippen LogP contribution is 2.28. The molecule has 0 amide bonds. The lowest BCUT2D eigenvalue weighted by atomic mass is 10.0. The normalized spacial score (nSPS) is 12.3. The van der Waals surface area contributed by atoms with Crippen molar-refractivity contribution in [1.29, 1.82) is 0 Å². The van der Waals surface area contributed by atoms with Crippen molar-refractivity contribution < 1.29 is 4.74 Å². The molecule has 0 aliphatic heterocycles. The minimum absolute atomic E-state index is 0.257. The number of ether oxygens (including phenoxy) is 1. The molecule has 114 valence electrons. The molecule has 4 heteroatoms. The zero-order valence-corrected chi connectivity index (χ0v) is 13.2. The van der Waals surface area contributed by atoms with Gasteiger partial charge in [-0.3, -0.25) is 4.68 Å². The fourth-order valence-corrected chi connectivity index (χ4v) is 2.68. The van der Waals surface area contributed by atoms with E-state index in [0.29, 0.717) is 0 Å². The van der Waals surface area contributed by atoms with E-state index in [9.17, 15) is 0 Å². The van der Waals surface area contributed by atoms with Crippen LogP contribution in [0.1, 0.15) is 37.6 Å². The second-order valence-corrected chi connectivity index (χ2v) is 5.05. The number of aromatic nitrogens is 2. The molecular formula is C17H25N3O. The summed E-state index contributed by atoms with van der Waals surface area (Å²) in [4.78, 5) is 0. The highest BCUT2D eigenvalue weighted by Gasteiger charge is 2.20. The second kappa shape index (κ2) is 7.84. The molecule has 0 radical (unpaired) electrons. The van der Waals surface area contributed by atoms with E-state index in [0.717, 1.165) is 37.4 Å². The summed E-state index contributed by atoms with van der Waals surface area (Å²) >= 11 is 0. The Balaban J connectivity index is 2.16. The van der Waals surface area contributed by atoms with Gasteiger partial charge in [0.05, 0.1) is 25.0 Å². The van der Waals surface area contributed by atoms with Gasteiger partial charge in [-0.1, -0.05) is 37.3 Å². The van der Waals surface area contributed by atoms with E-state index in [2.05, 4.69) is 54.6 Å². The molecule has 0 saturated carbocycles. The van der Waals surface area contributed by atoms with E-state index < -0.39 is 0 Å². The van der Waals surface area contributed by atoms with Gasteiger partial charge in [0.15, 0.2) is 5.75 Å². The summed E-state index contributed by atoms with van der Waals surface area (Å²) in [5.74, 6) is 0.871. The van der Waals surface area contributed by atoms with Crippen molar-refractivity contribution in [3.8, 4) is 5.75 Å². The molecule has 0 fully saturated rings. The second-order valence-electron chi connectivity index (χ2n) is 5.05. The Labute approximate surface area is 127 Å². The summed E-state index contributed by atoms with van der Waals surface area (Å²) in [6, 6.07) is 10.9. The molecule has 2 aromatic rings. The maximum atomic E-state index is 5.48. The van der Waals surface area contributed by atoms with Gasteiger partial charge in [0, 0.05) is 6.54 Å². The van der Waals surface area contributed by atoms with E-state index in [1.54, 1.807) is 7.11 Å². The predicted molar refractivity (Wildman–Crippen MR) is 85.6 cm³/mol. The van der Waals surface area contributed by atoms with Crippen LogP contribution in [-0.2, 0) is 13.0 Å². The zero-order chi connectivity index (χ0) is 15.1. The first-order valence-electron chi connectivity index (χ1n) is 7.67. The zero-order valence-electron chi connectivity index (χ0n) is 13.2. The molecule has 1 aromatic heterocycles. The van der Waals surface area contributed by atoms with E-state index in [4.69, 9.17) is 4.74 Å². The molecule has 2 rings (SSSR count). The van der Waals surface area contributed by atoms with Crippen LogP contribution in [0.5, 0.6) is 5.75 Å². The molecular weight excluding hydrogens is 262 g/mol. The lowest BCUT2D eigenvalue weighted by Crippen LogP contribution is -2.25. The number of nitrogens with zero attached hydrogens (tertiary/aromatic N) is 2. The van der Waals surface area contributed by atoms with Crippen LogP contribution in [0.15, 0.2) is 36.5 Å². The van der Waals surface area contributed by atoms with Crippen molar-refractivity contribution in [3.05, 3.63) is 47.8 Å². The first-order valence-corrected chi connectivity index (χ1v) is 7.67. The van der Waals surface area contributed by atoms with Gasteiger partial charge in [-0.15, -0.1) is 0 Å². The van der Waals surface area contributed by atoms with E-state index in [1.165, 1.54) is 5.56 Å². The number of nitrogens with one attached hydrogen (secondary N) is 1. The molecule has 0 saturated heterocycles. The quantitative estimate of drug-likeness (QED) is 0.810. The molecule has 0 bridgehead atoms. The number of hydrogen-bond acceptors (Lipinski definition) is 3. The summed E-state index contributed by atoms with van der Waals surface area (Å²) in [5.41, 5.74) is 2.51. The van der Waals surface area contributed by atoms with Gasteiger partial charge in [0.25, 0.3) is 0 Å². The van der Waals surface area contributed by atoms with Gasteiger partial charge in [-0.25, -0.2) is 0 Å². The van der Waals surface area contributed by atoms with E-state index >= 15 is 0 Å². The van der Waals surface area contributed by atoms with Crippen LogP contribution in [0.2, 0.25) is 0 Å². The Kier molecular flexibility index (Phi) is 5.81. The molecule has 0 spiro atoms. The number of rotatable bonds is 8. The molecule has 1 unspecified atom stereocenters. The van der Waals surface area contributed by atoms with Gasteiger partial charge in [0.1, 0.15) is 0 Å². The molecule has 1 aromatic carbocycles. The lowest BCUT2D eigenvalue weighted by Gasteiger charge is -2.20. The summed E-state index contributed by atoms with van der Waals surface area (Å²) in [6.45, 7) is 6.02. The minimum atomic E-state index is 0.257. The molecule has 0 aliphatic carbocycles. The highest BCUT2D eigenvalue weighted by molar-refractivity contribution is 5.29. The summed E-state index contributed by atoms with van der Waals surface area (Å²) < 4.78 is 7.51. The monoisotopic (exact) mass is 287 g/mol. The largest absolute Gasteiger partial charge is 0.493 e. The van der Waals surface area contributed by atoms with Crippen molar-refractivity contribution in [2.75, 3.05) is 13.7 Å². The Morgan fingerprint density at radius 1 is 1.24 bits per heavy atom. The van der Waals surface area contributed by atoms with Gasteiger partial charge < -0.3 is 10.1 Å². The summed E-state index contributed by atoms with van der Waals surface area (Å²) in [7, 11) is 1.71. The van der Waals surface area contributed by atoms with Crippen molar-refractivity contribution in [1.82, 2.24) is 15.1 Å². The van der Waals surface area contributed by atoms with Crippen LogP contribution in [0.25, 0.3) is 0 Å². The van der Waals surface area contributed by atoms with Crippen LogP contribution in [-0.4, -0.2) is 23.4 Å². The van der Waals surface area contributed by atoms with Crippen molar-refractivity contribution in [3.63, 3.8) is 0 Å². The van der Waals surface area contributed by atoms with Gasteiger partial charge in [-0.2, -0.15) is 5.10 Å². The molecule has 1 atom stereocenters. The van der Waals surface area contributed by atoms with Gasteiger partial charge in [-0.05, 0) is 31.9 Å². The molecule has 4 nitrogen and oxygen atoms in total. The average molecular weight is 287 g/mol. The Morgan fingerprint density at radius 3 is 2.62 bits per heavy atom. The first-order chi connectivity index (χ1) is 10.3. The number of benzene rings is 1. The average Bonchev–Trinajstić information content (AvgIpc) is 2.95. The third kappa shape index (κ3) is 3.85. The highest BCUT2D eigenvalue weighted by atomic mass is 16.5. The number of hydrogen-bond donors (Lipinski definition) is 1. The van der Waals surface area contributed by atoms with Gasteiger partial charge >= 0.3 is 0 Å². The van der Waals surface area contributed by atoms with Crippen LogP contribution < -0.4 is 10.1 Å². The molecule has 1 N–H and O–H groups in total. The molecule has 21 heavy (non-hydrogen) atoms. The number of methoxy groups -OCH3 is 1. The maximum Gasteiger partial charge on any atom is 0.161 e. The van der Waals surface area contributed by atoms with Crippen LogP contribution in [0.4, 0.5) is 0 Å². The Bertz CT molecular complexity index is 515. The van der Waals surface area contributed by atoms with Crippen LogP contribution in [0.3, 0.4) is 0 Å². The van der Waals surface area contributed by atoms with E-state index in [-0.39, 0.29) is 6.04 Å². The third-order valence-electron chi connectivity index (χ3n) is 3.71. The fraction of sp³-hybridized carbons (Fsp3) is 0.471. The SMILES string of the molecule is CCNC(CCc1ccccc1)c1c(OC)cnn1CC. The van der Waals surface area contributed by atoms with Crippen molar-refractivity contribution in [2.45, 2.75) is 39.3 Å². The van der Waals surface area contributed by atoms with Gasteiger partial charge in [0.2, 0.25) is 0 Å². The number of aryl methyl sites for hydroxylation is 2. The maximum absolute atomic E-state index is 5.48. The third-order valence-corrected chi connectivity index (χ3v) is 3.71. The molecule has 1 heterocycles. The molecule has 0 aliphatic rings. The Hall–Kier alpha value is -1.81. The van der Waals surface area contributed by atoms with Crippen molar-refractivity contribution >= 4 is 0 Å². The lowest BCUT2D eigenvalue weighted by molar-refractivity contribution is 0.387. The van der Waals surface area contributed by atoms with Crippen molar-refractivity contribution in [2.24, 2.45) is 0 Å². The fourth-order valence-electron chi connectivity index (χ4n) is 2.68.